The predicted octanol–water partition coefficient (Wildman–Crippen LogP) is -1.27. The molecule has 2 N–H and O–H groups in total. The van der Waals surface area contributed by atoms with E-state index in [-0.39, 0.29) is 5.91 Å². The first-order valence-corrected chi connectivity index (χ1v) is 6.76. The molecule has 2 heterocycles. The molecule has 0 aliphatic carbocycles. The lowest BCUT2D eigenvalue weighted by Gasteiger charge is -2.38. The van der Waals surface area contributed by atoms with Gasteiger partial charge in [0.05, 0.1) is 6.54 Å². The summed E-state index contributed by atoms with van der Waals surface area (Å²) in [5.74, 6) is -0.272. The first-order chi connectivity index (χ1) is 9.11. The van der Waals surface area contributed by atoms with Gasteiger partial charge in [-0.3, -0.25) is 24.6 Å². The summed E-state index contributed by atoms with van der Waals surface area (Å²) >= 11 is 0. The standard InChI is InChI=1S/C12H22N4O3/c1-14-6-7-15(8-10(14)12(18)13-19)9-11(17)16-4-2-3-5-16/h10,19H,2-9H2,1H3,(H,13,18)/t10-/m1/s1. The Morgan fingerprint density at radius 3 is 2.53 bits per heavy atom. The zero-order chi connectivity index (χ0) is 13.8. The minimum atomic E-state index is -0.416. The Hall–Kier alpha value is -1.18. The molecule has 2 fully saturated rings. The summed E-state index contributed by atoms with van der Waals surface area (Å²) in [6.07, 6.45) is 2.17. The summed E-state index contributed by atoms with van der Waals surface area (Å²) in [6, 6.07) is -0.398. The summed E-state index contributed by atoms with van der Waals surface area (Å²) in [7, 11) is 1.85. The van der Waals surface area contributed by atoms with Crippen LogP contribution < -0.4 is 5.48 Å². The topological polar surface area (TPSA) is 76.1 Å². The number of hydroxylamine groups is 1. The smallest absolute Gasteiger partial charge is 0.261 e. The fraction of sp³-hybridized carbons (Fsp3) is 0.833. The second-order valence-electron chi connectivity index (χ2n) is 5.30. The third-order valence-corrected chi connectivity index (χ3v) is 3.96. The quantitative estimate of drug-likeness (QED) is 0.494. The van der Waals surface area contributed by atoms with Crippen LogP contribution in [0.25, 0.3) is 0 Å². The molecular formula is C12H22N4O3. The molecule has 2 aliphatic rings. The molecule has 0 aromatic rings. The monoisotopic (exact) mass is 270 g/mol. The molecule has 2 saturated heterocycles. The van der Waals surface area contributed by atoms with Crippen LogP contribution in [0.15, 0.2) is 0 Å². The average molecular weight is 270 g/mol. The van der Waals surface area contributed by atoms with Crippen molar-refractivity contribution in [2.75, 3.05) is 46.3 Å². The van der Waals surface area contributed by atoms with Crippen LogP contribution in [0.1, 0.15) is 12.8 Å². The number of hydrogen-bond acceptors (Lipinski definition) is 5. The maximum Gasteiger partial charge on any atom is 0.261 e. The summed E-state index contributed by atoms with van der Waals surface area (Å²) in [5.41, 5.74) is 1.69. The van der Waals surface area contributed by atoms with Crippen molar-refractivity contribution in [3.05, 3.63) is 0 Å². The van der Waals surface area contributed by atoms with E-state index in [0.29, 0.717) is 19.6 Å². The van der Waals surface area contributed by atoms with Gasteiger partial charge in [-0.05, 0) is 19.9 Å². The van der Waals surface area contributed by atoms with Gasteiger partial charge in [-0.15, -0.1) is 0 Å². The molecule has 2 rings (SSSR count). The van der Waals surface area contributed by atoms with Crippen LogP contribution in [0.4, 0.5) is 0 Å². The highest BCUT2D eigenvalue weighted by atomic mass is 16.5. The van der Waals surface area contributed by atoms with E-state index in [1.165, 1.54) is 0 Å². The second-order valence-corrected chi connectivity index (χ2v) is 5.30. The van der Waals surface area contributed by atoms with Crippen LogP contribution in [-0.4, -0.2) is 84.1 Å². The highest BCUT2D eigenvalue weighted by Gasteiger charge is 2.31. The maximum absolute atomic E-state index is 12.1. The molecule has 0 aromatic carbocycles. The lowest BCUT2D eigenvalue weighted by molar-refractivity contribution is -0.139. The molecule has 0 radical (unpaired) electrons. The number of likely N-dealkylation sites (N-methyl/N-ethyl adjacent to an activating group) is 1. The molecule has 7 heteroatoms. The molecule has 19 heavy (non-hydrogen) atoms. The van der Waals surface area contributed by atoms with E-state index in [4.69, 9.17) is 5.21 Å². The number of nitrogens with zero attached hydrogens (tertiary/aromatic N) is 3. The molecule has 0 aromatic heterocycles. The van der Waals surface area contributed by atoms with E-state index >= 15 is 0 Å². The van der Waals surface area contributed by atoms with Crippen molar-refractivity contribution in [3.63, 3.8) is 0 Å². The van der Waals surface area contributed by atoms with Crippen LogP contribution in [0.2, 0.25) is 0 Å². The zero-order valence-electron chi connectivity index (χ0n) is 11.3. The van der Waals surface area contributed by atoms with Gasteiger partial charge in [0.15, 0.2) is 0 Å². The second kappa shape index (κ2) is 6.31. The van der Waals surface area contributed by atoms with E-state index in [1.807, 2.05) is 21.7 Å². The highest BCUT2D eigenvalue weighted by molar-refractivity contribution is 5.81. The van der Waals surface area contributed by atoms with Crippen LogP contribution in [0.5, 0.6) is 0 Å². The number of carbonyl (C=O) groups is 2. The number of amides is 2. The Morgan fingerprint density at radius 1 is 1.21 bits per heavy atom. The summed E-state index contributed by atoms with van der Waals surface area (Å²) in [4.78, 5) is 29.4. The fourth-order valence-electron chi connectivity index (χ4n) is 2.69. The molecule has 2 amide bonds. The number of nitrogens with one attached hydrogen (secondary N) is 1. The molecule has 0 saturated carbocycles. The summed E-state index contributed by atoms with van der Waals surface area (Å²) < 4.78 is 0. The lowest BCUT2D eigenvalue weighted by atomic mass is 10.1. The molecule has 0 unspecified atom stereocenters. The lowest BCUT2D eigenvalue weighted by Crippen LogP contribution is -2.58. The van der Waals surface area contributed by atoms with Crippen molar-refractivity contribution in [3.8, 4) is 0 Å². The van der Waals surface area contributed by atoms with Gasteiger partial charge in [-0.1, -0.05) is 0 Å². The maximum atomic E-state index is 12.1. The summed E-state index contributed by atoms with van der Waals surface area (Å²) in [6.45, 7) is 4.03. The molecule has 1 atom stereocenters. The summed E-state index contributed by atoms with van der Waals surface area (Å²) in [5, 5.41) is 8.73. The van der Waals surface area contributed by atoms with E-state index in [0.717, 1.165) is 32.5 Å². The van der Waals surface area contributed by atoms with E-state index in [9.17, 15) is 9.59 Å². The average Bonchev–Trinajstić information content (AvgIpc) is 2.94. The Morgan fingerprint density at radius 2 is 1.89 bits per heavy atom. The van der Waals surface area contributed by atoms with Crippen LogP contribution >= 0.6 is 0 Å². The number of carbonyl (C=O) groups excluding carboxylic acids is 2. The van der Waals surface area contributed by atoms with Gasteiger partial charge in [-0.2, -0.15) is 0 Å². The number of rotatable bonds is 3. The predicted molar refractivity (Wildman–Crippen MR) is 68.6 cm³/mol. The normalized spacial score (nSPS) is 25.6. The minimum absolute atomic E-state index is 0.144. The number of hydrogen-bond donors (Lipinski definition) is 2. The Bertz CT molecular complexity index is 344. The Balaban J connectivity index is 1.87. The van der Waals surface area contributed by atoms with Gasteiger partial charge in [-0.25, -0.2) is 5.48 Å². The SMILES string of the molecule is CN1CCN(CC(=O)N2CCCC2)C[C@@H]1C(=O)NO. The fourth-order valence-corrected chi connectivity index (χ4v) is 2.69. The third kappa shape index (κ3) is 3.43. The van der Waals surface area contributed by atoms with E-state index in [2.05, 4.69) is 0 Å². The van der Waals surface area contributed by atoms with Gasteiger partial charge < -0.3 is 4.90 Å². The number of piperazine rings is 1. The van der Waals surface area contributed by atoms with Crippen LogP contribution in [0.3, 0.4) is 0 Å². The van der Waals surface area contributed by atoms with Crippen molar-refractivity contribution in [2.45, 2.75) is 18.9 Å². The molecule has 108 valence electrons. The molecule has 2 aliphatic heterocycles. The molecule has 0 bridgehead atoms. The van der Waals surface area contributed by atoms with Crippen molar-refractivity contribution in [1.29, 1.82) is 0 Å². The first kappa shape index (κ1) is 14.2. The van der Waals surface area contributed by atoms with Crippen molar-refractivity contribution in [2.24, 2.45) is 0 Å². The van der Waals surface area contributed by atoms with Gasteiger partial charge in [0.1, 0.15) is 6.04 Å². The minimum Gasteiger partial charge on any atom is -0.342 e. The first-order valence-electron chi connectivity index (χ1n) is 6.76. The van der Waals surface area contributed by atoms with Gasteiger partial charge >= 0.3 is 0 Å². The molecule has 7 nitrogen and oxygen atoms in total. The van der Waals surface area contributed by atoms with Gasteiger partial charge in [0.2, 0.25) is 5.91 Å². The molecule has 0 spiro atoms. The highest BCUT2D eigenvalue weighted by Crippen LogP contribution is 2.11. The zero-order valence-corrected chi connectivity index (χ0v) is 11.3. The third-order valence-electron chi connectivity index (χ3n) is 3.96. The van der Waals surface area contributed by atoms with Gasteiger partial charge in [0, 0.05) is 32.7 Å². The van der Waals surface area contributed by atoms with Gasteiger partial charge in [0.25, 0.3) is 5.91 Å². The van der Waals surface area contributed by atoms with Crippen LogP contribution in [0, 0.1) is 0 Å². The van der Waals surface area contributed by atoms with Crippen molar-refractivity contribution >= 4 is 11.8 Å². The Kier molecular flexibility index (Phi) is 4.73. The Labute approximate surface area is 113 Å². The van der Waals surface area contributed by atoms with Crippen LogP contribution in [-0.2, 0) is 9.59 Å². The molecular weight excluding hydrogens is 248 g/mol. The number of likely N-dealkylation sites (tertiary alicyclic amines) is 1. The van der Waals surface area contributed by atoms with E-state index < -0.39 is 11.9 Å². The van der Waals surface area contributed by atoms with Crippen molar-refractivity contribution in [1.82, 2.24) is 20.2 Å². The largest absolute Gasteiger partial charge is 0.342 e. The van der Waals surface area contributed by atoms with E-state index in [1.54, 1.807) is 5.48 Å². The van der Waals surface area contributed by atoms with Crippen molar-refractivity contribution < 1.29 is 14.8 Å².